The molecule has 0 aliphatic carbocycles. The van der Waals surface area contributed by atoms with E-state index in [1.165, 1.54) is 6.07 Å². The summed E-state index contributed by atoms with van der Waals surface area (Å²) in [7, 11) is 0. The molecule has 1 aromatic carbocycles. The van der Waals surface area contributed by atoms with Crippen LogP contribution in [0.5, 0.6) is 0 Å². The summed E-state index contributed by atoms with van der Waals surface area (Å²) in [6.07, 6.45) is 5.65. The Kier molecular flexibility index (Phi) is 6.48. The van der Waals surface area contributed by atoms with Crippen LogP contribution in [0.4, 0.5) is 4.39 Å². The summed E-state index contributed by atoms with van der Waals surface area (Å²) in [6.45, 7) is 4.59. The fourth-order valence-corrected chi connectivity index (χ4v) is 3.52. The van der Waals surface area contributed by atoms with E-state index in [1.54, 1.807) is 10.8 Å². The second kappa shape index (κ2) is 9.63. The molecule has 0 aliphatic rings. The number of carbonyl (C=O) groups excluding carboxylic acids is 1. The van der Waals surface area contributed by atoms with Gasteiger partial charge in [-0.1, -0.05) is 32.4 Å². The molecule has 0 aliphatic heterocycles. The Bertz CT molecular complexity index is 1180. The van der Waals surface area contributed by atoms with Crippen LogP contribution < -0.4 is 0 Å². The number of nitrogens with zero attached hydrogens (tertiary/aromatic N) is 7. The van der Waals surface area contributed by atoms with Crippen LogP contribution in [0.15, 0.2) is 36.5 Å². The van der Waals surface area contributed by atoms with Gasteiger partial charge in [-0.25, -0.2) is 19.2 Å². The number of carbonyl (C=O) groups is 1. The fraction of sp³-hybridized carbons (Fsp3) is 0.364. The lowest BCUT2D eigenvalue weighted by molar-refractivity contribution is 0.0971. The molecular weight excluding hydrogens is 411 g/mol. The highest BCUT2D eigenvalue weighted by molar-refractivity contribution is 5.92. The number of benzene rings is 1. The van der Waals surface area contributed by atoms with Gasteiger partial charge in [-0.15, -0.1) is 10.2 Å². The molecule has 4 aromatic rings. The molecule has 0 atom stereocenters. The molecule has 0 unspecified atom stereocenters. The third-order valence-electron chi connectivity index (χ3n) is 5.18. The number of Topliss-reactive ketones (excluding diaryl/α,β-unsaturated/α-hetero) is 1. The molecule has 32 heavy (non-hydrogen) atoms. The van der Waals surface area contributed by atoms with E-state index < -0.39 is 5.82 Å². The van der Waals surface area contributed by atoms with Crippen molar-refractivity contribution in [3.63, 3.8) is 0 Å². The molecule has 0 radical (unpaired) electrons. The number of rotatable bonds is 10. The van der Waals surface area contributed by atoms with Crippen LogP contribution in [0.1, 0.15) is 61.5 Å². The number of aromatic nitrogens is 8. The molecule has 0 spiro atoms. The first-order valence-corrected chi connectivity index (χ1v) is 10.8. The van der Waals surface area contributed by atoms with Crippen LogP contribution >= 0.6 is 0 Å². The number of hydrogen-bond acceptors (Lipinski definition) is 6. The molecule has 4 rings (SSSR count). The van der Waals surface area contributed by atoms with E-state index in [0.29, 0.717) is 18.8 Å². The predicted molar refractivity (Wildman–Crippen MR) is 116 cm³/mol. The number of H-pyrrole nitrogens is 1. The highest BCUT2D eigenvalue weighted by Gasteiger charge is 2.17. The van der Waals surface area contributed by atoms with Gasteiger partial charge in [-0.2, -0.15) is 0 Å². The van der Waals surface area contributed by atoms with E-state index in [0.717, 1.165) is 42.8 Å². The summed E-state index contributed by atoms with van der Waals surface area (Å²) in [5.74, 6) is 0.929. The van der Waals surface area contributed by atoms with Crippen LogP contribution in [0, 0.1) is 5.82 Å². The minimum Gasteiger partial charge on any atom is -0.311 e. The van der Waals surface area contributed by atoms with E-state index in [9.17, 15) is 9.18 Å². The summed E-state index contributed by atoms with van der Waals surface area (Å²) in [4.78, 5) is 16.8. The maximum atomic E-state index is 14.3. The van der Waals surface area contributed by atoms with Crippen LogP contribution in [-0.4, -0.2) is 45.7 Å². The van der Waals surface area contributed by atoms with Crippen molar-refractivity contribution in [1.29, 1.82) is 0 Å². The average Bonchev–Trinajstić information content (AvgIpc) is 3.53. The summed E-state index contributed by atoms with van der Waals surface area (Å²) < 4.78 is 17.8. The Morgan fingerprint density at radius 1 is 1.12 bits per heavy atom. The van der Waals surface area contributed by atoms with Crippen LogP contribution in [0.25, 0.3) is 17.2 Å². The third kappa shape index (κ3) is 4.48. The summed E-state index contributed by atoms with van der Waals surface area (Å²) >= 11 is 0. The molecule has 1 N–H and O–H groups in total. The normalized spacial score (nSPS) is 11.2. The third-order valence-corrected chi connectivity index (χ3v) is 5.18. The molecule has 3 aromatic heterocycles. The van der Waals surface area contributed by atoms with Crippen LogP contribution in [0.3, 0.4) is 0 Å². The van der Waals surface area contributed by atoms with Crippen molar-refractivity contribution >= 4 is 5.78 Å². The van der Waals surface area contributed by atoms with Gasteiger partial charge < -0.3 is 4.57 Å². The Balaban J connectivity index is 1.58. The van der Waals surface area contributed by atoms with Gasteiger partial charge in [0, 0.05) is 24.7 Å². The fourth-order valence-electron chi connectivity index (χ4n) is 3.52. The number of aromatic amines is 1. The van der Waals surface area contributed by atoms with Crippen molar-refractivity contribution in [2.45, 2.75) is 52.5 Å². The smallest absolute Gasteiger partial charge is 0.217 e. The van der Waals surface area contributed by atoms with Gasteiger partial charge in [0.1, 0.15) is 11.5 Å². The number of nitrogens with one attached hydrogen (secondary N) is 1. The maximum absolute atomic E-state index is 14.3. The number of tetrazole rings is 1. The van der Waals surface area contributed by atoms with Crippen molar-refractivity contribution in [2.75, 3.05) is 0 Å². The summed E-state index contributed by atoms with van der Waals surface area (Å²) in [5.41, 5.74) is 2.04. The topological polar surface area (TPSA) is 107 Å². The molecule has 9 nitrogen and oxygen atoms in total. The monoisotopic (exact) mass is 436 g/mol. The minimum absolute atomic E-state index is 0.0246. The van der Waals surface area contributed by atoms with E-state index in [1.807, 2.05) is 35.9 Å². The first kappa shape index (κ1) is 21.5. The molecule has 0 bridgehead atoms. The van der Waals surface area contributed by atoms with Crippen molar-refractivity contribution in [1.82, 2.24) is 40.0 Å². The number of hydrogen-bond donors (Lipinski definition) is 1. The van der Waals surface area contributed by atoms with Crippen molar-refractivity contribution in [3.05, 3.63) is 59.6 Å². The Hall–Kier alpha value is -3.69. The maximum Gasteiger partial charge on any atom is 0.217 e. The van der Waals surface area contributed by atoms with Gasteiger partial charge in [0.2, 0.25) is 11.6 Å². The quantitative estimate of drug-likeness (QED) is 0.379. The van der Waals surface area contributed by atoms with Crippen molar-refractivity contribution < 1.29 is 9.18 Å². The standard InChI is InChI=1S/C22H25FN8O/c1-3-5-7-19-24-21(18(32)6-4-2)27-31(19)14-15-8-10-16(11-9-15)30-13-12-17(23)20(30)22-25-28-29-26-22/h8-13H,3-7,14H2,1-2H3,(H,25,26,28,29). The highest BCUT2D eigenvalue weighted by atomic mass is 19.1. The lowest BCUT2D eigenvalue weighted by atomic mass is 10.2. The Labute approximate surface area is 184 Å². The van der Waals surface area contributed by atoms with Gasteiger partial charge in [-0.3, -0.25) is 4.79 Å². The van der Waals surface area contributed by atoms with Gasteiger partial charge in [0.25, 0.3) is 0 Å². The lowest BCUT2D eigenvalue weighted by Gasteiger charge is -2.09. The first-order valence-electron chi connectivity index (χ1n) is 10.8. The predicted octanol–water partition coefficient (Wildman–Crippen LogP) is 3.76. The molecule has 3 heterocycles. The zero-order valence-corrected chi connectivity index (χ0v) is 18.1. The zero-order valence-electron chi connectivity index (χ0n) is 18.1. The van der Waals surface area contributed by atoms with Crippen molar-refractivity contribution in [2.24, 2.45) is 0 Å². The Morgan fingerprint density at radius 3 is 2.62 bits per heavy atom. The largest absolute Gasteiger partial charge is 0.311 e. The van der Waals surface area contributed by atoms with Gasteiger partial charge in [0.05, 0.1) is 6.54 Å². The number of aryl methyl sites for hydroxylation is 1. The van der Waals surface area contributed by atoms with E-state index in [-0.39, 0.29) is 17.3 Å². The van der Waals surface area contributed by atoms with E-state index >= 15 is 0 Å². The second-order valence-corrected chi connectivity index (χ2v) is 7.58. The van der Waals surface area contributed by atoms with Crippen LogP contribution in [-0.2, 0) is 13.0 Å². The lowest BCUT2D eigenvalue weighted by Crippen LogP contribution is -2.08. The van der Waals surface area contributed by atoms with Crippen LogP contribution in [0.2, 0.25) is 0 Å². The second-order valence-electron chi connectivity index (χ2n) is 7.58. The average molecular weight is 436 g/mol. The minimum atomic E-state index is -0.417. The molecule has 10 heteroatoms. The Morgan fingerprint density at radius 2 is 1.94 bits per heavy atom. The SMILES string of the molecule is CCCCc1nc(C(=O)CCC)nn1Cc1ccc(-n2ccc(F)c2-c2nnn[nH]2)cc1. The summed E-state index contributed by atoms with van der Waals surface area (Å²) in [6, 6.07) is 9.07. The molecule has 0 saturated carbocycles. The molecule has 0 fully saturated rings. The molecule has 0 saturated heterocycles. The van der Waals surface area contributed by atoms with Gasteiger partial charge >= 0.3 is 0 Å². The van der Waals surface area contributed by atoms with E-state index in [2.05, 4.69) is 37.6 Å². The molecular formula is C22H25FN8O. The highest BCUT2D eigenvalue weighted by Crippen LogP contribution is 2.24. The van der Waals surface area contributed by atoms with Gasteiger partial charge in [-0.05, 0) is 47.0 Å². The van der Waals surface area contributed by atoms with Gasteiger partial charge in [0.15, 0.2) is 11.6 Å². The van der Waals surface area contributed by atoms with E-state index in [4.69, 9.17) is 0 Å². The molecule has 166 valence electrons. The number of unbranched alkanes of at least 4 members (excludes halogenated alkanes) is 1. The zero-order chi connectivity index (χ0) is 22.5. The summed E-state index contributed by atoms with van der Waals surface area (Å²) in [5, 5.41) is 18.0. The number of ketones is 1. The first-order chi connectivity index (χ1) is 15.6. The molecule has 0 amide bonds. The van der Waals surface area contributed by atoms with Crippen molar-refractivity contribution in [3.8, 4) is 17.2 Å². The number of halogens is 1.